The van der Waals surface area contributed by atoms with E-state index in [0.29, 0.717) is 6.61 Å². The minimum Gasteiger partial charge on any atom is -0.489 e. The summed E-state index contributed by atoms with van der Waals surface area (Å²) in [5.74, 6) is 0.561. The second kappa shape index (κ2) is 5.53. The van der Waals surface area contributed by atoms with Gasteiger partial charge in [-0.3, -0.25) is 0 Å². The van der Waals surface area contributed by atoms with Crippen LogP contribution in [0, 0.1) is 19.7 Å². The Balaban J connectivity index is 2.11. The SMILES string of the molecule is Cc1cc(OCc2cc(F)ccc2C)ccc1Br. The van der Waals surface area contributed by atoms with Gasteiger partial charge in [-0.05, 0) is 60.9 Å². The molecule has 0 spiro atoms. The van der Waals surface area contributed by atoms with Gasteiger partial charge in [-0.1, -0.05) is 22.0 Å². The minimum atomic E-state index is -0.230. The summed E-state index contributed by atoms with van der Waals surface area (Å²) in [5, 5.41) is 0. The average Bonchev–Trinajstić information content (AvgIpc) is 2.34. The van der Waals surface area contributed by atoms with Crippen LogP contribution in [0.3, 0.4) is 0 Å². The predicted molar refractivity (Wildman–Crippen MR) is 74.3 cm³/mol. The molecule has 1 nitrogen and oxygen atoms in total. The smallest absolute Gasteiger partial charge is 0.123 e. The van der Waals surface area contributed by atoms with Crippen LogP contribution in [0.25, 0.3) is 0 Å². The first kappa shape index (κ1) is 13.1. The first-order chi connectivity index (χ1) is 8.56. The van der Waals surface area contributed by atoms with Crippen LogP contribution in [0.2, 0.25) is 0 Å². The lowest BCUT2D eigenvalue weighted by Gasteiger charge is -2.10. The zero-order valence-electron chi connectivity index (χ0n) is 10.3. The summed E-state index contributed by atoms with van der Waals surface area (Å²) >= 11 is 3.44. The Labute approximate surface area is 115 Å². The van der Waals surface area contributed by atoms with Crippen molar-refractivity contribution in [1.82, 2.24) is 0 Å². The molecule has 0 radical (unpaired) electrons. The molecule has 2 aromatic carbocycles. The summed E-state index contributed by atoms with van der Waals surface area (Å²) in [6.45, 7) is 4.33. The van der Waals surface area contributed by atoms with E-state index < -0.39 is 0 Å². The van der Waals surface area contributed by atoms with Crippen LogP contribution in [0.5, 0.6) is 5.75 Å². The highest BCUT2D eigenvalue weighted by atomic mass is 79.9. The van der Waals surface area contributed by atoms with E-state index >= 15 is 0 Å². The Morgan fingerprint density at radius 3 is 2.56 bits per heavy atom. The molecular weight excluding hydrogens is 295 g/mol. The van der Waals surface area contributed by atoms with Crippen LogP contribution in [-0.2, 0) is 6.61 Å². The van der Waals surface area contributed by atoms with Crippen molar-refractivity contribution in [2.75, 3.05) is 0 Å². The number of hydrogen-bond acceptors (Lipinski definition) is 1. The molecule has 0 fully saturated rings. The van der Waals surface area contributed by atoms with Crippen molar-refractivity contribution in [3.8, 4) is 5.75 Å². The van der Waals surface area contributed by atoms with E-state index in [2.05, 4.69) is 15.9 Å². The lowest BCUT2D eigenvalue weighted by Crippen LogP contribution is -1.99. The van der Waals surface area contributed by atoms with Crippen molar-refractivity contribution >= 4 is 15.9 Å². The molecule has 0 N–H and O–H groups in total. The van der Waals surface area contributed by atoms with Crippen molar-refractivity contribution in [2.45, 2.75) is 20.5 Å². The largest absolute Gasteiger partial charge is 0.489 e. The number of ether oxygens (including phenoxy) is 1. The fourth-order valence-corrected chi connectivity index (χ4v) is 1.91. The number of aryl methyl sites for hydroxylation is 2. The maximum absolute atomic E-state index is 13.1. The quantitative estimate of drug-likeness (QED) is 0.792. The number of halogens is 2. The van der Waals surface area contributed by atoms with Gasteiger partial charge in [0.25, 0.3) is 0 Å². The molecule has 94 valence electrons. The van der Waals surface area contributed by atoms with E-state index in [4.69, 9.17) is 4.74 Å². The van der Waals surface area contributed by atoms with Crippen molar-refractivity contribution < 1.29 is 9.13 Å². The van der Waals surface area contributed by atoms with Gasteiger partial charge in [-0.15, -0.1) is 0 Å². The fourth-order valence-electron chi connectivity index (χ4n) is 1.66. The second-order valence-corrected chi connectivity index (χ2v) is 5.12. The molecule has 3 heteroatoms. The predicted octanol–water partition coefficient (Wildman–Crippen LogP) is 4.78. The zero-order chi connectivity index (χ0) is 13.1. The van der Waals surface area contributed by atoms with Crippen molar-refractivity contribution in [3.05, 3.63) is 63.4 Å². The molecule has 0 amide bonds. The molecule has 0 bridgehead atoms. The Morgan fingerprint density at radius 1 is 1.06 bits per heavy atom. The molecule has 0 aliphatic carbocycles. The van der Waals surface area contributed by atoms with E-state index in [1.807, 2.05) is 32.0 Å². The lowest BCUT2D eigenvalue weighted by molar-refractivity contribution is 0.304. The van der Waals surface area contributed by atoms with Gasteiger partial charge in [-0.25, -0.2) is 4.39 Å². The van der Waals surface area contributed by atoms with Crippen LogP contribution < -0.4 is 4.74 Å². The van der Waals surface area contributed by atoms with Gasteiger partial charge < -0.3 is 4.74 Å². The molecule has 0 saturated heterocycles. The molecule has 0 aliphatic rings. The Bertz CT molecular complexity index is 566. The molecule has 18 heavy (non-hydrogen) atoms. The Morgan fingerprint density at radius 2 is 1.83 bits per heavy atom. The van der Waals surface area contributed by atoms with E-state index in [1.54, 1.807) is 6.07 Å². The van der Waals surface area contributed by atoms with Gasteiger partial charge in [-0.2, -0.15) is 0 Å². The van der Waals surface area contributed by atoms with E-state index in [9.17, 15) is 4.39 Å². The summed E-state index contributed by atoms with van der Waals surface area (Å²) < 4.78 is 19.9. The van der Waals surface area contributed by atoms with Gasteiger partial charge in [0.2, 0.25) is 0 Å². The third-order valence-corrected chi connectivity index (χ3v) is 3.72. The number of rotatable bonds is 3. The van der Waals surface area contributed by atoms with E-state index in [0.717, 1.165) is 26.9 Å². The number of hydrogen-bond donors (Lipinski definition) is 0. The van der Waals surface area contributed by atoms with Crippen LogP contribution in [0.1, 0.15) is 16.7 Å². The summed E-state index contributed by atoms with van der Waals surface area (Å²) in [6, 6.07) is 10.5. The molecule has 0 heterocycles. The van der Waals surface area contributed by atoms with E-state index in [-0.39, 0.29) is 5.82 Å². The maximum atomic E-state index is 13.1. The van der Waals surface area contributed by atoms with Gasteiger partial charge in [0.15, 0.2) is 0 Å². The molecule has 0 unspecified atom stereocenters. The molecule has 2 rings (SSSR count). The number of benzene rings is 2. The highest BCUT2D eigenvalue weighted by Gasteiger charge is 2.03. The standard InChI is InChI=1S/C15H14BrFO/c1-10-3-4-13(17)8-12(10)9-18-14-5-6-15(16)11(2)7-14/h3-8H,9H2,1-2H3. The Kier molecular flexibility index (Phi) is 4.02. The second-order valence-electron chi connectivity index (χ2n) is 4.27. The summed E-state index contributed by atoms with van der Waals surface area (Å²) in [4.78, 5) is 0. The third kappa shape index (κ3) is 3.10. The molecular formula is C15H14BrFO. The van der Waals surface area contributed by atoms with Crippen LogP contribution in [0.15, 0.2) is 40.9 Å². The van der Waals surface area contributed by atoms with E-state index in [1.165, 1.54) is 12.1 Å². The Hall–Kier alpha value is -1.35. The van der Waals surface area contributed by atoms with Gasteiger partial charge >= 0.3 is 0 Å². The van der Waals surface area contributed by atoms with Gasteiger partial charge in [0, 0.05) is 4.47 Å². The highest BCUT2D eigenvalue weighted by molar-refractivity contribution is 9.10. The average molecular weight is 309 g/mol. The fraction of sp³-hybridized carbons (Fsp3) is 0.200. The third-order valence-electron chi connectivity index (χ3n) is 2.83. The van der Waals surface area contributed by atoms with Crippen LogP contribution in [-0.4, -0.2) is 0 Å². The summed E-state index contributed by atoms with van der Waals surface area (Å²) in [5.41, 5.74) is 3.02. The monoisotopic (exact) mass is 308 g/mol. The molecule has 0 atom stereocenters. The minimum absolute atomic E-state index is 0.230. The van der Waals surface area contributed by atoms with Crippen molar-refractivity contribution in [3.63, 3.8) is 0 Å². The zero-order valence-corrected chi connectivity index (χ0v) is 11.9. The molecule has 2 aromatic rings. The van der Waals surface area contributed by atoms with Crippen molar-refractivity contribution in [2.24, 2.45) is 0 Å². The molecule has 0 aliphatic heterocycles. The maximum Gasteiger partial charge on any atom is 0.123 e. The van der Waals surface area contributed by atoms with Gasteiger partial charge in [0.05, 0.1) is 0 Å². The highest BCUT2D eigenvalue weighted by Crippen LogP contribution is 2.22. The first-order valence-electron chi connectivity index (χ1n) is 5.70. The first-order valence-corrected chi connectivity index (χ1v) is 6.49. The van der Waals surface area contributed by atoms with Crippen LogP contribution in [0.4, 0.5) is 4.39 Å². The van der Waals surface area contributed by atoms with Crippen molar-refractivity contribution in [1.29, 1.82) is 0 Å². The molecule has 0 saturated carbocycles. The summed E-state index contributed by atoms with van der Waals surface area (Å²) in [6.07, 6.45) is 0. The topological polar surface area (TPSA) is 9.23 Å². The molecule has 0 aromatic heterocycles. The lowest BCUT2D eigenvalue weighted by atomic mass is 10.1. The normalized spacial score (nSPS) is 10.4. The summed E-state index contributed by atoms with van der Waals surface area (Å²) in [7, 11) is 0. The van der Waals surface area contributed by atoms with Gasteiger partial charge in [0.1, 0.15) is 18.2 Å². The van der Waals surface area contributed by atoms with Crippen LogP contribution >= 0.6 is 15.9 Å².